The first-order chi connectivity index (χ1) is 7.54. The van der Waals surface area contributed by atoms with Crippen molar-refractivity contribution in [3.8, 4) is 0 Å². The highest BCUT2D eigenvalue weighted by molar-refractivity contribution is 5.13. The van der Waals surface area contributed by atoms with Gasteiger partial charge in [0.05, 0.1) is 13.2 Å². The zero-order valence-corrected chi connectivity index (χ0v) is 10.4. The molecule has 1 aromatic carbocycles. The molecule has 0 spiro atoms. The van der Waals surface area contributed by atoms with E-state index in [1.54, 1.807) is 0 Å². The Kier molecular flexibility index (Phi) is 4.97. The topological polar surface area (TPSA) is 29.5 Å². The van der Waals surface area contributed by atoms with E-state index < -0.39 is 0 Å². The van der Waals surface area contributed by atoms with Crippen LogP contribution in [-0.2, 0) is 11.3 Å². The van der Waals surface area contributed by atoms with E-state index in [1.807, 2.05) is 30.3 Å². The summed E-state index contributed by atoms with van der Waals surface area (Å²) in [5, 5.41) is 9.28. The third kappa shape index (κ3) is 4.33. The van der Waals surface area contributed by atoms with Crippen LogP contribution >= 0.6 is 0 Å². The van der Waals surface area contributed by atoms with E-state index in [9.17, 15) is 5.11 Å². The van der Waals surface area contributed by atoms with Gasteiger partial charge in [-0.1, -0.05) is 51.1 Å². The van der Waals surface area contributed by atoms with E-state index >= 15 is 0 Å². The Labute approximate surface area is 98.3 Å². The molecule has 0 bridgehead atoms. The van der Waals surface area contributed by atoms with Gasteiger partial charge in [0.2, 0.25) is 0 Å². The molecule has 1 unspecified atom stereocenters. The van der Waals surface area contributed by atoms with E-state index in [4.69, 9.17) is 4.74 Å². The van der Waals surface area contributed by atoms with E-state index in [-0.39, 0.29) is 17.9 Å². The summed E-state index contributed by atoms with van der Waals surface area (Å²) in [6.07, 6.45) is 0. The van der Waals surface area contributed by atoms with Gasteiger partial charge in [-0.05, 0) is 11.0 Å². The van der Waals surface area contributed by atoms with Gasteiger partial charge in [0.25, 0.3) is 0 Å². The molecule has 1 atom stereocenters. The second-order valence-electron chi connectivity index (χ2n) is 5.25. The Morgan fingerprint density at radius 1 is 1.19 bits per heavy atom. The molecule has 0 amide bonds. The van der Waals surface area contributed by atoms with Crippen molar-refractivity contribution in [2.24, 2.45) is 11.3 Å². The van der Waals surface area contributed by atoms with Crippen LogP contribution in [0.2, 0.25) is 0 Å². The molecule has 0 radical (unpaired) electrons. The quantitative estimate of drug-likeness (QED) is 0.830. The van der Waals surface area contributed by atoms with Crippen molar-refractivity contribution in [3.05, 3.63) is 35.9 Å². The second kappa shape index (κ2) is 6.02. The smallest absolute Gasteiger partial charge is 0.0717 e. The second-order valence-corrected chi connectivity index (χ2v) is 5.25. The first-order valence-corrected chi connectivity index (χ1v) is 5.76. The third-order valence-corrected chi connectivity index (χ3v) is 2.88. The van der Waals surface area contributed by atoms with E-state index in [1.165, 1.54) is 5.56 Å². The number of aliphatic hydroxyl groups is 1. The molecule has 0 saturated carbocycles. The maximum atomic E-state index is 9.28. The van der Waals surface area contributed by atoms with Crippen LogP contribution in [0.4, 0.5) is 0 Å². The van der Waals surface area contributed by atoms with Gasteiger partial charge in [-0.15, -0.1) is 0 Å². The predicted octanol–water partition coefficient (Wildman–Crippen LogP) is 2.86. The molecular weight excluding hydrogens is 200 g/mol. The predicted molar refractivity (Wildman–Crippen MR) is 66.1 cm³/mol. The zero-order chi connectivity index (χ0) is 12.0. The zero-order valence-electron chi connectivity index (χ0n) is 10.4. The molecule has 90 valence electrons. The number of ether oxygens (including phenoxy) is 1. The molecule has 0 aliphatic rings. The van der Waals surface area contributed by atoms with Crippen LogP contribution < -0.4 is 0 Å². The van der Waals surface area contributed by atoms with Gasteiger partial charge >= 0.3 is 0 Å². The van der Waals surface area contributed by atoms with Crippen LogP contribution in [0.3, 0.4) is 0 Å². The van der Waals surface area contributed by atoms with Crippen LogP contribution in [0, 0.1) is 11.3 Å². The number of hydrogen-bond acceptors (Lipinski definition) is 2. The summed E-state index contributed by atoms with van der Waals surface area (Å²) >= 11 is 0. The number of benzene rings is 1. The SMILES string of the molecule is CC(C)(C)C(CO)COCc1ccccc1. The average molecular weight is 222 g/mol. The highest BCUT2D eigenvalue weighted by Gasteiger charge is 2.23. The van der Waals surface area contributed by atoms with Crippen molar-refractivity contribution < 1.29 is 9.84 Å². The molecule has 0 aliphatic heterocycles. The van der Waals surface area contributed by atoms with Crippen molar-refractivity contribution >= 4 is 0 Å². The normalized spacial score (nSPS) is 13.8. The highest BCUT2D eigenvalue weighted by Crippen LogP contribution is 2.25. The lowest BCUT2D eigenvalue weighted by Crippen LogP contribution is -2.28. The van der Waals surface area contributed by atoms with Crippen molar-refractivity contribution in [2.75, 3.05) is 13.2 Å². The monoisotopic (exact) mass is 222 g/mol. The maximum absolute atomic E-state index is 9.28. The van der Waals surface area contributed by atoms with Gasteiger partial charge < -0.3 is 9.84 Å². The molecule has 2 nitrogen and oxygen atoms in total. The molecule has 0 fully saturated rings. The maximum Gasteiger partial charge on any atom is 0.0717 e. The third-order valence-electron chi connectivity index (χ3n) is 2.88. The van der Waals surface area contributed by atoms with Crippen LogP contribution in [0.5, 0.6) is 0 Å². The van der Waals surface area contributed by atoms with E-state index in [0.29, 0.717) is 13.2 Å². The standard InChI is InChI=1S/C14H22O2/c1-14(2,3)13(9-15)11-16-10-12-7-5-4-6-8-12/h4-8,13,15H,9-11H2,1-3H3. The fourth-order valence-electron chi connectivity index (χ4n) is 1.47. The first kappa shape index (κ1) is 13.2. The summed E-state index contributed by atoms with van der Waals surface area (Å²) in [6.45, 7) is 7.78. The van der Waals surface area contributed by atoms with Gasteiger partial charge in [-0.25, -0.2) is 0 Å². The van der Waals surface area contributed by atoms with E-state index in [0.717, 1.165) is 0 Å². The van der Waals surface area contributed by atoms with Crippen LogP contribution in [-0.4, -0.2) is 18.3 Å². The molecule has 1 aromatic rings. The number of aliphatic hydroxyl groups excluding tert-OH is 1. The minimum Gasteiger partial charge on any atom is -0.396 e. The minimum absolute atomic E-state index is 0.0887. The van der Waals surface area contributed by atoms with Gasteiger partial charge in [-0.2, -0.15) is 0 Å². The fraction of sp³-hybridized carbons (Fsp3) is 0.571. The average Bonchev–Trinajstić information content (AvgIpc) is 2.24. The largest absolute Gasteiger partial charge is 0.396 e. The molecule has 1 rings (SSSR count). The molecule has 0 heterocycles. The lowest BCUT2D eigenvalue weighted by Gasteiger charge is -2.28. The van der Waals surface area contributed by atoms with Crippen LogP contribution in [0.25, 0.3) is 0 Å². The van der Waals surface area contributed by atoms with Crippen LogP contribution in [0.15, 0.2) is 30.3 Å². The summed E-state index contributed by atoms with van der Waals surface area (Å²) in [6, 6.07) is 10.1. The van der Waals surface area contributed by atoms with Crippen molar-refractivity contribution in [2.45, 2.75) is 27.4 Å². The summed E-state index contributed by atoms with van der Waals surface area (Å²) in [4.78, 5) is 0. The lowest BCUT2D eigenvalue weighted by atomic mass is 9.82. The molecule has 0 saturated heterocycles. The summed E-state index contributed by atoms with van der Waals surface area (Å²) in [5.41, 5.74) is 1.26. The van der Waals surface area contributed by atoms with Crippen molar-refractivity contribution in [1.29, 1.82) is 0 Å². The summed E-state index contributed by atoms with van der Waals surface area (Å²) in [5.74, 6) is 0.191. The molecule has 0 aliphatic carbocycles. The van der Waals surface area contributed by atoms with Gasteiger partial charge in [-0.3, -0.25) is 0 Å². The lowest BCUT2D eigenvalue weighted by molar-refractivity contribution is 0.0167. The minimum atomic E-state index is 0.0887. The Morgan fingerprint density at radius 3 is 2.31 bits per heavy atom. The van der Waals surface area contributed by atoms with Crippen molar-refractivity contribution in [3.63, 3.8) is 0 Å². The Balaban J connectivity index is 2.35. The molecular formula is C14H22O2. The van der Waals surface area contributed by atoms with E-state index in [2.05, 4.69) is 20.8 Å². The molecule has 2 heteroatoms. The van der Waals surface area contributed by atoms with Gasteiger partial charge in [0.15, 0.2) is 0 Å². The molecule has 16 heavy (non-hydrogen) atoms. The molecule has 0 aromatic heterocycles. The fourth-order valence-corrected chi connectivity index (χ4v) is 1.47. The summed E-state index contributed by atoms with van der Waals surface area (Å²) < 4.78 is 5.64. The first-order valence-electron chi connectivity index (χ1n) is 5.76. The Morgan fingerprint density at radius 2 is 1.81 bits per heavy atom. The highest BCUT2D eigenvalue weighted by atomic mass is 16.5. The Hall–Kier alpha value is -0.860. The number of rotatable bonds is 5. The Bertz CT molecular complexity index is 287. The summed E-state index contributed by atoms with van der Waals surface area (Å²) in [7, 11) is 0. The number of hydrogen-bond donors (Lipinski definition) is 1. The van der Waals surface area contributed by atoms with Crippen molar-refractivity contribution in [1.82, 2.24) is 0 Å². The van der Waals surface area contributed by atoms with Gasteiger partial charge in [0.1, 0.15) is 0 Å². The van der Waals surface area contributed by atoms with Gasteiger partial charge in [0, 0.05) is 12.5 Å². The molecule has 1 N–H and O–H groups in total. The van der Waals surface area contributed by atoms with Crippen LogP contribution in [0.1, 0.15) is 26.3 Å².